The molecule has 162 valence electrons. The second-order valence-electron chi connectivity index (χ2n) is 8.06. The number of carbonyl (C=O) groups excluding carboxylic acids is 3. The topological polar surface area (TPSA) is 74.1 Å². The molecule has 0 aliphatic carbocycles. The highest BCUT2D eigenvalue weighted by atomic mass is 32.2. The fourth-order valence-corrected chi connectivity index (χ4v) is 5.77. The molecule has 7 nitrogen and oxygen atoms in total. The highest BCUT2D eigenvalue weighted by molar-refractivity contribution is 7.99. The third-order valence-corrected chi connectivity index (χ3v) is 7.44. The van der Waals surface area contributed by atoms with Crippen molar-refractivity contribution >= 4 is 29.5 Å². The fraction of sp³-hybridized carbons (Fsp3) is 0.409. The fourth-order valence-electron chi connectivity index (χ4n) is 4.62. The van der Waals surface area contributed by atoms with E-state index in [9.17, 15) is 18.8 Å². The number of furan rings is 1. The minimum absolute atomic E-state index is 0.0384. The molecule has 3 fully saturated rings. The van der Waals surface area contributed by atoms with Gasteiger partial charge in [-0.15, -0.1) is 11.8 Å². The molecule has 3 saturated heterocycles. The lowest BCUT2D eigenvalue weighted by molar-refractivity contribution is -0.162. The van der Waals surface area contributed by atoms with Crippen LogP contribution in [0.3, 0.4) is 0 Å². The summed E-state index contributed by atoms with van der Waals surface area (Å²) in [6.07, 6.45) is 2.26. The quantitative estimate of drug-likeness (QED) is 0.723. The maximum Gasteiger partial charge on any atom is 0.254 e. The van der Waals surface area contributed by atoms with Gasteiger partial charge in [0.1, 0.15) is 23.7 Å². The van der Waals surface area contributed by atoms with Gasteiger partial charge in [-0.05, 0) is 36.8 Å². The average molecular weight is 444 g/mol. The van der Waals surface area contributed by atoms with E-state index in [0.29, 0.717) is 31.8 Å². The molecular weight excluding hydrogens is 421 g/mol. The van der Waals surface area contributed by atoms with Gasteiger partial charge >= 0.3 is 0 Å². The van der Waals surface area contributed by atoms with Crippen LogP contribution in [-0.4, -0.2) is 75.9 Å². The molecule has 4 heterocycles. The maximum atomic E-state index is 13.5. The van der Waals surface area contributed by atoms with Crippen LogP contribution in [0, 0.1) is 5.82 Å². The molecule has 0 bridgehead atoms. The van der Waals surface area contributed by atoms with Gasteiger partial charge < -0.3 is 19.1 Å². The van der Waals surface area contributed by atoms with Crippen molar-refractivity contribution in [3.05, 3.63) is 59.8 Å². The summed E-state index contributed by atoms with van der Waals surface area (Å²) >= 11 is 1.69. The van der Waals surface area contributed by atoms with E-state index in [2.05, 4.69) is 0 Å². The Morgan fingerprint density at radius 1 is 1.06 bits per heavy atom. The number of benzene rings is 1. The Hall–Kier alpha value is -2.81. The van der Waals surface area contributed by atoms with Gasteiger partial charge in [-0.2, -0.15) is 0 Å². The van der Waals surface area contributed by atoms with Gasteiger partial charge in [0.25, 0.3) is 5.91 Å². The van der Waals surface area contributed by atoms with Gasteiger partial charge in [0, 0.05) is 30.4 Å². The molecular formula is C22H22FN3O4S. The van der Waals surface area contributed by atoms with Crippen molar-refractivity contribution in [3.8, 4) is 0 Å². The van der Waals surface area contributed by atoms with Crippen LogP contribution < -0.4 is 0 Å². The Bertz CT molecular complexity index is 1010. The number of piperazine rings is 2. The second kappa shape index (κ2) is 8.03. The van der Waals surface area contributed by atoms with E-state index in [1.165, 1.54) is 18.2 Å². The summed E-state index contributed by atoms with van der Waals surface area (Å²) in [6, 6.07) is 8.18. The first-order valence-electron chi connectivity index (χ1n) is 10.3. The number of rotatable bonds is 4. The Morgan fingerprint density at radius 3 is 2.68 bits per heavy atom. The van der Waals surface area contributed by atoms with Crippen LogP contribution in [0.1, 0.15) is 22.5 Å². The van der Waals surface area contributed by atoms with Crippen LogP contribution in [0.15, 0.2) is 47.1 Å². The van der Waals surface area contributed by atoms with Crippen LogP contribution >= 0.6 is 11.8 Å². The molecule has 2 aromatic rings. The largest absolute Gasteiger partial charge is 0.468 e. The molecule has 5 rings (SSSR count). The summed E-state index contributed by atoms with van der Waals surface area (Å²) in [7, 11) is 0. The summed E-state index contributed by atoms with van der Waals surface area (Å²) in [4.78, 5) is 44.0. The lowest BCUT2D eigenvalue weighted by Crippen LogP contribution is -2.69. The second-order valence-corrected chi connectivity index (χ2v) is 9.35. The van der Waals surface area contributed by atoms with Gasteiger partial charge in [-0.1, -0.05) is 6.07 Å². The highest BCUT2D eigenvalue weighted by Crippen LogP contribution is 2.35. The molecule has 0 radical (unpaired) electrons. The highest BCUT2D eigenvalue weighted by Gasteiger charge is 2.52. The molecule has 0 unspecified atom stereocenters. The zero-order chi connectivity index (χ0) is 21.5. The van der Waals surface area contributed by atoms with Crippen LogP contribution in [0.2, 0.25) is 0 Å². The van der Waals surface area contributed by atoms with Crippen molar-refractivity contribution in [2.45, 2.75) is 29.5 Å². The molecule has 1 aromatic heterocycles. The molecule has 31 heavy (non-hydrogen) atoms. The smallest absolute Gasteiger partial charge is 0.254 e. The number of thioether (sulfide) groups is 1. The SMILES string of the molecule is O=C(c1cccc(F)c1)N1CCN2C(=O)[C@@H]3C[C@H](SCc4ccco4)CN3C(=O)[C@@H]2C1. The number of hydrogen-bond donors (Lipinski definition) is 0. The summed E-state index contributed by atoms with van der Waals surface area (Å²) in [6.45, 7) is 1.29. The van der Waals surface area contributed by atoms with E-state index in [0.717, 1.165) is 5.76 Å². The Kier molecular flexibility index (Phi) is 5.21. The third kappa shape index (κ3) is 3.71. The predicted octanol–water partition coefficient (Wildman–Crippen LogP) is 1.99. The number of amides is 3. The van der Waals surface area contributed by atoms with Gasteiger partial charge in [0.2, 0.25) is 11.8 Å². The van der Waals surface area contributed by atoms with E-state index in [1.54, 1.807) is 38.8 Å². The molecule has 0 saturated carbocycles. The van der Waals surface area contributed by atoms with Crippen LogP contribution in [0.4, 0.5) is 4.39 Å². The predicted molar refractivity (Wildman–Crippen MR) is 112 cm³/mol. The standard InChI is InChI=1S/C22H22FN3O4S/c23-15-4-1-3-14(9-15)20(27)24-6-7-25-19(12-24)22(29)26-11-17(10-18(26)21(25)28)31-13-16-5-2-8-30-16/h1-5,8-9,17-19H,6-7,10-13H2/t17-,18-,19-/m0/s1. The Balaban J connectivity index is 1.27. The minimum Gasteiger partial charge on any atom is -0.468 e. The Morgan fingerprint density at radius 2 is 1.90 bits per heavy atom. The number of halogens is 1. The van der Waals surface area contributed by atoms with Gasteiger partial charge in [0.05, 0.1) is 18.6 Å². The zero-order valence-electron chi connectivity index (χ0n) is 16.8. The molecule has 9 heteroatoms. The van der Waals surface area contributed by atoms with Crippen molar-refractivity contribution < 1.29 is 23.2 Å². The van der Waals surface area contributed by atoms with Crippen LogP contribution in [0.25, 0.3) is 0 Å². The average Bonchev–Trinajstić information content (AvgIpc) is 3.45. The first-order valence-corrected chi connectivity index (χ1v) is 11.4. The lowest BCUT2D eigenvalue weighted by atomic mass is 10.0. The lowest BCUT2D eigenvalue weighted by Gasteiger charge is -2.47. The summed E-state index contributed by atoms with van der Waals surface area (Å²) in [5.41, 5.74) is 0.247. The van der Waals surface area contributed by atoms with Crippen molar-refractivity contribution in [3.63, 3.8) is 0 Å². The monoisotopic (exact) mass is 443 g/mol. The van der Waals surface area contributed by atoms with E-state index in [4.69, 9.17) is 4.42 Å². The van der Waals surface area contributed by atoms with Crippen molar-refractivity contribution in [1.82, 2.24) is 14.7 Å². The first kappa shape index (κ1) is 20.1. The number of carbonyl (C=O) groups is 3. The third-order valence-electron chi connectivity index (χ3n) is 6.18. The summed E-state index contributed by atoms with van der Waals surface area (Å²) in [5, 5.41) is 0.161. The molecule has 0 spiro atoms. The van der Waals surface area contributed by atoms with E-state index in [1.807, 2.05) is 12.1 Å². The van der Waals surface area contributed by atoms with E-state index in [-0.39, 0.29) is 35.1 Å². The molecule has 3 amide bonds. The molecule has 3 aliphatic heterocycles. The normalized spacial score (nSPS) is 25.6. The van der Waals surface area contributed by atoms with E-state index < -0.39 is 17.9 Å². The van der Waals surface area contributed by atoms with Crippen molar-refractivity contribution in [2.75, 3.05) is 26.2 Å². The number of nitrogens with zero attached hydrogens (tertiary/aromatic N) is 3. The minimum atomic E-state index is -0.677. The molecule has 3 atom stereocenters. The summed E-state index contributed by atoms with van der Waals surface area (Å²) in [5.74, 6) is 0.618. The van der Waals surface area contributed by atoms with Gasteiger partial charge in [0.15, 0.2) is 0 Å². The molecule has 0 N–H and O–H groups in total. The summed E-state index contributed by atoms with van der Waals surface area (Å²) < 4.78 is 18.9. The first-order chi connectivity index (χ1) is 15.0. The van der Waals surface area contributed by atoms with Crippen molar-refractivity contribution in [2.24, 2.45) is 0 Å². The molecule has 1 aromatic carbocycles. The molecule has 3 aliphatic rings. The maximum absolute atomic E-state index is 13.5. The van der Waals surface area contributed by atoms with Crippen LogP contribution in [-0.2, 0) is 15.3 Å². The van der Waals surface area contributed by atoms with Crippen molar-refractivity contribution in [1.29, 1.82) is 0 Å². The van der Waals surface area contributed by atoms with Gasteiger partial charge in [-0.25, -0.2) is 4.39 Å². The van der Waals surface area contributed by atoms with E-state index >= 15 is 0 Å². The number of fused-ring (bicyclic) bond motifs is 2. The Labute approximate surface area is 183 Å². The number of hydrogen-bond acceptors (Lipinski definition) is 5. The van der Waals surface area contributed by atoms with Crippen LogP contribution in [0.5, 0.6) is 0 Å². The zero-order valence-corrected chi connectivity index (χ0v) is 17.6. The van der Waals surface area contributed by atoms with Gasteiger partial charge in [-0.3, -0.25) is 14.4 Å².